The van der Waals surface area contributed by atoms with Gasteiger partial charge >= 0.3 is 6.03 Å². The molecule has 0 atom stereocenters. The molecule has 2 heterocycles. The molecule has 4 rings (SSSR count). The average Bonchev–Trinajstić information content (AvgIpc) is 3.07. The Morgan fingerprint density at radius 1 is 0.938 bits per heavy atom. The number of anilines is 2. The molecule has 162 valence electrons. The van der Waals surface area contributed by atoms with Crippen LogP contribution < -0.4 is 15.4 Å². The molecule has 2 aromatic heterocycles. The van der Waals surface area contributed by atoms with Gasteiger partial charge in [0.1, 0.15) is 17.4 Å². The fourth-order valence-corrected chi connectivity index (χ4v) is 3.13. The zero-order chi connectivity index (χ0) is 22.7. The van der Waals surface area contributed by atoms with E-state index in [9.17, 15) is 9.18 Å². The van der Waals surface area contributed by atoms with Gasteiger partial charge in [-0.25, -0.2) is 18.9 Å². The summed E-state index contributed by atoms with van der Waals surface area (Å²) >= 11 is 0. The van der Waals surface area contributed by atoms with Gasteiger partial charge in [0.2, 0.25) is 5.88 Å². The number of benzene rings is 2. The second-order valence-corrected chi connectivity index (χ2v) is 7.17. The molecule has 32 heavy (non-hydrogen) atoms. The summed E-state index contributed by atoms with van der Waals surface area (Å²) in [6.45, 7) is 5.66. The predicted molar refractivity (Wildman–Crippen MR) is 119 cm³/mol. The van der Waals surface area contributed by atoms with Crippen LogP contribution in [0.25, 0.3) is 5.82 Å². The number of rotatable bonds is 5. The number of hydrogen-bond acceptors (Lipinski definition) is 5. The molecule has 0 radical (unpaired) electrons. The van der Waals surface area contributed by atoms with E-state index < -0.39 is 11.8 Å². The number of nitrogens with zero attached hydrogens (tertiary/aromatic N) is 4. The molecule has 9 heteroatoms. The summed E-state index contributed by atoms with van der Waals surface area (Å²) in [5.41, 5.74) is 2.76. The Labute approximate surface area is 184 Å². The van der Waals surface area contributed by atoms with Crippen LogP contribution in [0.15, 0.2) is 60.7 Å². The maximum Gasteiger partial charge on any atom is 0.323 e. The Kier molecular flexibility index (Phi) is 5.80. The maximum absolute atomic E-state index is 13.2. The third-order valence-corrected chi connectivity index (χ3v) is 4.44. The Bertz CT molecular complexity index is 1270. The lowest BCUT2D eigenvalue weighted by molar-refractivity contribution is 0.262. The number of aromatic nitrogens is 4. The molecule has 0 saturated carbocycles. The molecule has 2 aromatic carbocycles. The van der Waals surface area contributed by atoms with Crippen LogP contribution in [0.5, 0.6) is 11.6 Å². The first-order chi connectivity index (χ1) is 15.4. The molecule has 4 aromatic rings. The molecular weight excluding hydrogens is 411 g/mol. The highest BCUT2D eigenvalue weighted by Gasteiger charge is 2.10. The first-order valence-corrected chi connectivity index (χ1v) is 9.86. The summed E-state index contributed by atoms with van der Waals surface area (Å²) in [6.07, 6.45) is 0. The van der Waals surface area contributed by atoms with Crippen molar-refractivity contribution in [1.29, 1.82) is 0 Å². The molecule has 0 unspecified atom stereocenters. The Morgan fingerprint density at radius 2 is 1.69 bits per heavy atom. The predicted octanol–water partition coefficient (Wildman–Crippen LogP) is 5.16. The van der Waals surface area contributed by atoms with Gasteiger partial charge in [0.15, 0.2) is 5.82 Å². The van der Waals surface area contributed by atoms with Crippen molar-refractivity contribution >= 4 is 17.4 Å². The topological polar surface area (TPSA) is 94.0 Å². The van der Waals surface area contributed by atoms with Crippen LogP contribution in [0.4, 0.5) is 20.6 Å². The number of carbonyl (C=O) groups is 1. The molecule has 0 aliphatic carbocycles. The number of nitrogens with one attached hydrogen (secondary N) is 2. The van der Waals surface area contributed by atoms with Crippen LogP contribution in [-0.2, 0) is 0 Å². The summed E-state index contributed by atoms with van der Waals surface area (Å²) in [5, 5.41) is 9.70. The van der Waals surface area contributed by atoms with Gasteiger partial charge in [-0.2, -0.15) is 10.1 Å². The number of amides is 2. The molecule has 0 saturated heterocycles. The Balaban J connectivity index is 1.43. The molecule has 0 fully saturated rings. The van der Waals surface area contributed by atoms with Crippen molar-refractivity contribution in [2.75, 3.05) is 10.6 Å². The van der Waals surface area contributed by atoms with E-state index >= 15 is 0 Å². The van der Waals surface area contributed by atoms with Crippen LogP contribution in [0.1, 0.15) is 17.2 Å². The Hall–Kier alpha value is -4.27. The van der Waals surface area contributed by atoms with E-state index in [0.717, 1.165) is 11.4 Å². The van der Waals surface area contributed by atoms with Crippen LogP contribution in [0, 0.1) is 26.6 Å². The molecule has 2 N–H and O–H groups in total. The second kappa shape index (κ2) is 8.84. The van der Waals surface area contributed by atoms with E-state index in [0.29, 0.717) is 34.6 Å². The zero-order valence-electron chi connectivity index (χ0n) is 17.8. The molecule has 0 aliphatic rings. The number of carbonyl (C=O) groups excluding carboxylic acids is 1. The van der Waals surface area contributed by atoms with Crippen molar-refractivity contribution in [2.24, 2.45) is 0 Å². The number of aryl methyl sites for hydroxylation is 3. The van der Waals surface area contributed by atoms with Crippen molar-refractivity contribution in [3.8, 4) is 17.4 Å². The lowest BCUT2D eigenvalue weighted by Gasteiger charge is -2.10. The highest BCUT2D eigenvalue weighted by Crippen LogP contribution is 2.24. The third-order valence-electron chi connectivity index (χ3n) is 4.44. The van der Waals surface area contributed by atoms with Gasteiger partial charge < -0.3 is 15.4 Å². The van der Waals surface area contributed by atoms with Gasteiger partial charge in [0.05, 0.1) is 5.69 Å². The molecule has 0 bridgehead atoms. The van der Waals surface area contributed by atoms with Gasteiger partial charge in [-0.15, -0.1) is 0 Å². The van der Waals surface area contributed by atoms with E-state index in [1.165, 1.54) is 18.2 Å². The summed E-state index contributed by atoms with van der Waals surface area (Å²) in [4.78, 5) is 20.9. The van der Waals surface area contributed by atoms with Gasteiger partial charge in [0.25, 0.3) is 0 Å². The molecular formula is C23H21FN6O2. The second-order valence-electron chi connectivity index (χ2n) is 7.17. The molecule has 8 nitrogen and oxygen atoms in total. The first-order valence-electron chi connectivity index (χ1n) is 9.86. The van der Waals surface area contributed by atoms with E-state index in [1.807, 2.05) is 19.9 Å². The van der Waals surface area contributed by atoms with E-state index in [4.69, 9.17) is 4.74 Å². The summed E-state index contributed by atoms with van der Waals surface area (Å²) in [7, 11) is 0. The van der Waals surface area contributed by atoms with Crippen LogP contribution in [0.2, 0.25) is 0 Å². The molecule has 0 aliphatic heterocycles. The van der Waals surface area contributed by atoms with E-state index in [1.54, 1.807) is 48.0 Å². The van der Waals surface area contributed by atoms with Crippen molar-refractivity contribution in [3.05, 3.63) is 83.7 Å². The fraction of sp³-hybridized carbons (Fsp3) is 0.130. The minimum absolute atomic E-state index is 0.361. The number of urea groups is 1. The standard InChI is InChI=1S/C23H21FN6O2/c1-14-11-15(2)30(29-14)21-13-22(26-16(3)25-21)32-20-9-7-18(8-10-20)27-23(31)28-19-6-4-5-17(24)12-19/h4-13H,1-3H3,(H2,27,28,31). The van der Waals surface area contributed by atoms with Gasteiger partial charge in [-0.05, 0) is 69.3 Å². The monoisotopic (exact) mass is 432 g/mol. The fourth-order valence-electron chi connectivity index (χ4n) is 3.13. The Morgan fingerprint density at radius 3 is 2.38 bits per heavy atom. The van der Waals surface area contributed by atoms with Crippen molar-refractivity contribution in [2.45, 2.75) is 20.8 Å². The summed E-state index contributed by atoms with van der Waals surface area (Å²) in [5.74, 6) is 1.66. The third kappa shape index (κ3) is 5.07. The van der Waals surface area contributed by atoms with Crippen LogP contribution in [-0.4, -0.2) is 25.8 Å². The number of halogens is 1. The van der Waals surface area contributed by atoms with E-state index in [2.05, 4.69) is 25.7 Å². The summed E-state index contributed by atoms with van der Waals surface area (Å²) < 4.78 is 20.8. The lowest BCUT2D eigenvalue weighted by Crippen LogP contribution is -2.19. The number of ether oxygens (including phenoxy) is 1. The van der Waals surface area contributed by atoms with Crippen LogP contribution in [0.3, 0.4) is 0 Å². The molecule has 2 amide bonds. The smallest absolute Gasteiger partial charge is 0.323 e. The van der Waals surface area contributed by atoms with E-state index in [-0.39, 0.29) is 0 Å². The van der Waals surface area contributed by atoms with Crippen molar-refractivity contribution in [1.82, 2.24) is 19.7 Å². The normalized spacial score (nSPS) is 10.6. The van der Waals surface area contributed by atoms with Gasteiger partial charge in [0, 0.05) is 23.1 Å². The molecule has 0 spiro atoms. The minimum Gasteiger partial charge on any atom is -0.439 e. The highest BCUT2D eigenvalue weighted by molar-refractivity contribution is 5.99. The van der Waals surface area contributed by atoms with Gasteiger partial charge in [-0.3, -0.25) is 0 Å². The number of hydrogen-bond donors (Lipinski definition) is 2. The van der Waals surface area contributed by atoms with Crippen LogP contribution >= 0.6 is 0 Å². The zero-order valence-corrected chi connectivity index (χ0v) is 17.8. The summed E-state index contributed by atoms with van der Waals surface area (Å²) in [6, 6.07) is 15.7. The van der Waals surface area contributed by atoms with Crippen molar-refractivity contribution < 1.29 is 13.9 Å². The average molecular weight is 432 g/mol. The highest BCUT2D eigenvalue weighted by atomic mass is 19.1. The maximum atomic E-state index is 13.2. The minimum atomic E-state index is -0.481. The quantitative estimate of drug-likeness (QED) is 0.454. The lowest BCUT2D eigenvalue weighted by atomic mass is 10.3. The van der Waals surface area contributed by atoms with Gasteiger partial charge in [-0.1, -0.05) is 6.07 Å². The first kappa shape index (κ1) is 21.0. The SMILES string of the molecule is Cc1cc(C)n(-c2cc(Oc3ccc(NC(=O)Nc4cccc(F)c4)cc3)nc(C)n2)n1. The largest absolute Gasteiger partial charge is 0.439 e. The van der Waals surface area contributed by atoms with Crippen molar-refractivity contribution in [3.63, 3.8) is 0 Å².